The van der Waals surface area contributed by atoms with Crippen molar-refractivity contribution in [2.24, 2.45) is 0 Å². The van der Waals surface area contributed by atoms with Crippen LogP contribution in [-0.2, 0) is 5.75 Å². The van der Waals surface area contributed by atoms with Gasteiger partial charge in [0.15, 0.2) is 10.9 Å². The first-order valence-corrected chi connectivity index (χ1v) is 13.0. The zero-order valence-electron chi connectivity index (χ0n) is 18.2. The summed E-state index contributed by atoms with van der Waals surface area (Å²) >= 11 is 15.4. The third-order valence-electron chi connectivity index (χ3n) is 4.94. The molecule has 0 radical (unpaired) electrons. The van der Waals surface area contributed by atoms with Crippen molar-refractivity contribution in [3.63, 3.8) is 0 Å². The molecule has 0 saturated carbocycles. The number of anilines is 1. The van der Waals surface area contributed by atoms with Gasteiger partial charge in [-0.1, -0.05) is 52.7 Å². The molecule has 0 saturated heterocycles. The van der Waals surface area contributed by atoms with E-state index in [1.807, 2.05) is 35.8 Å². The van der Waals surface area contributed by atoms with E-state index in [1.54, 1.807) is 42.0 Å². The molecule has 0 unspecified atom stereocenters. The van der Waals surface area contributed by atoms with Gasteiger partial charge in [-0.25, -0.2) is 4.98 Å². The summed E-state index contributed by atoms with van der Waals surface area (Å²) in [6, 6.07) is 16.4. The number of amides is 1. The molecule has 1 N–H and O–H groups in total. The molecule has 0 aliphatic carbocycles. The van der Waals surface area contributed by atoms with Gasteiger partial charge in [0, 0.05) is 16.1 Å². The van der Waals surface area contributed by atoms with E-state index in [2.05, 4.69) is 20.5 Å². The van der Waals surface area contributed by atoms with Crippen molar-refractivity contribution >= 4 is 57.9 Å². The van der Waals surface area contributed by atoms with Crippen molar-refractivity contribution < 1.29 is 9.21 Å². The van der Waals surface area contributed by atoms with Gasteiger partial charge in [-0.15, -0.1) is 21.5 Å². The van der Waals surface area contributed by atoms with Crippen molar-refractivity contribution in [3.05, 3.63) is 92.6 Å². The molecule has 0 aliphatic heterocycles. The number of thioether (sulfide) groups is 1. The van der Waals surface area contributed by atoms with Crippen LogP contribution in [0.3, 0.4) is 0 Å². The third kappa shape index (κ3) is 5.28. The van der Waals surface area contributed by atoms with Gasteiger partial charge in [0.25, 0.3) is 5.91 Å². The third-order valence-corrected chi connectivity index (χ3v) is 7.45. The maximum atomic E-state index is 12.6. The minimum absolute atomic E-state index is 0.252. The van der Waals surface area contributed by atoms with Gasteiger partial charge in [0.05, 0.1) is 22.7 Å². The van der Waals surface area contributed by atoms with Crippen molar-refractivity contribution in [2.45, 2.75) is 17.8 Å². The number of nitrogens with one attached hydrogen (secondary N) is 1. The van der Waals surface area contributed by atoms with Crippen LogP contribution in [0.1, 0.15) is 21.1 Å². The topological polar surface area (TPSA) is 85.8 Å². The van der Waals surface area contributed by atoms with E-state index >= 15 is 0 Å². The molecule has 0 atom stereocenters. The van der Waals surface area contributed by atoms with Gasteiger partial charge >= 0.3 is 0 Å². The Kier molecular flexibility index (Phi) is 6.92. The normalized spacial score (nSPS) is 11.1. The molecule has 0 fully saturated rings. The Morgan fingerprint density at radius 2 is 1.97 bits per heavy atom. The Balaban J connectivity index is 1.36. The van der Waals surface area contributed by atoms with Gasteiger partial charge in [0.1, 0.15) is 10.7 Å². The summed E-state index contributed by atoms with van der Waals surface area (Å²) in [6.07, 6.45) is 1.57. The van der Waals surface area contributed by atoms with Crippen LogP contribution in [0, 0.1) is 6.92 Å². The smallest absolute Gasteiger partial charge is 0.275 e. The summed E-state index contributed by atoms with van der Waals surface area (Å²) in [6.45, 7) is 2.00. The van der Waals surface area contributed by atoms with Crippen LogP contribution in [-0.4, -0.2) is 25.7 Å². The highest BCUT2D eigenvalue weighted by Gasteiger charge is 2.21. The van der Waals surface area contributed by atoms with Gasteiger partial charge in [-0.2, -0.15) is 0 Å². The Morgan fingerprint density at radius 3 is 2.71 bits per heavy atom. The number of hydrogen-bond donors (Lipinski definition) is 1. The van der Waals surface area contributed by atoms with Crippen molar-refractivity contribution in [1.82, 2.24) is 19.7 Å². The molecule has 0 aliphatic rings. The van der Waals surface area contributed by atoms with Crippen LogP contribution in [0.2, 0.25) is 10.0 Å². The van der Waals surface area contributed by atoms with E-state index < -0.39 is 0 Å². The summed E-state index contributed by atoms with van der Waals surface area (Å²) in [7, 11) is 0. The standard InChI is InChI=1S/C24H17Cl2N5O2S2/c1-14-4-7-16(8-5-14)27-23(32)18-12-34-21(28-18)13-35-24-30-29-22(20-3-2-10-33-20)31(24)19-9-6-15(25)11-17(19)26/h2-12H,13H2,1H3,(H,27,32). The Morgan fingerprint density at radius 1 is 1.14 bits per heavy atom. The summed E-state index contributed by atoms with van der Waals surface area (Å²) in [5.74, 6) is 1.31. The number of hydrogen-bond acceptors (Lipinski definition) is 7. The first-order chi connectivity index (χ1) is 17.0. The van der Waals surface area contributed by atoms with Crippen LogP contribution in [0.5, 0.6) is 0 Å². The monoisotopic (exact) mass is 541 g/mol. The molecule has 3 heterocycles. The molecular weight excluding hydrogens is 525 g/mol. The summed E-state index contributed by atoms with van der Waals surface area (Å²) < 4.78 is 7.37. The highest BCUT2D eigenvalue weighted by molar-refractivity contribution is 7.98. The quantitative estimate of drug-likeness (QED) is 0.220. The zero-order chi connectivity index (χ0) is 24.4. The lowest BCUT2D eigenvalue weighted by Gasteiger charge is -2.11. The maximum Gasteiger partial charge on any atom is 0.275 e. The first kappa shape index (κ1) is 23.6. The number of aryl methyl sites for hydroxylation is 1. The second kappa shape index (κ2) is 10.2. The zero-order valence-corrected chi connectivity index (χ0v) is 21.4. The number of carbonyl (C=O) groups excluding carboxylic acids is 1. The lowest BCUT2D eigenvalue weighted by atomic mass is 10.2. The number of halogens is 2. The second-order valence-corrected chi connectivity index (χ2v) is 10.2. The molecule has 5 rings (SSSR count). The van der Waals surface area contributed by atoms with Crippen LogP contribution in [0.15, 0.2) is 75.8 Å². The number of furan rings is 1. The van der Waals surface area contributed by atoms with Crippen molar-refractivity contribution in [2.75, 3.05) is 5.32 Å². The molecule has 35 heavy (non-hydrogen) atoms. The lowest BCUT2D eigenvalue weighted by molar-refractivity contribution is 0.102. The highest BCUT2D eigenvalue weighted by atomic mass is 35.5. The number of nitrogens with zero attached hydrogens (tertiary/aromatic N) is 4. The molecule has 1 amide bonds. The second-order valence-electron chi connectivity index (χ2n) is 7.45. The Bertz CT molecular complexity index is 1480. The number of carbonyl (C=O) groups is 1. The van der Waals surface area contributed by atoms with Crippen molar-refractivity contribution in [1.29, 1.82) is 0 Å². The summed E-state index contributed by atoms with van der Waals surface area (Å²) in [4.78, 5) is 17.1. The molecule has 0 spiro atoms. The average molecular weight is 542 g/mol. The van der Waals surface area contributed by atoms with Gasteiger partial charge in [-0.3, -0.25) is 9.36 Å². The van der Waals surface area contributed by atoms with E-state index in [4.69, 9.17) is 27.6 Å². The lowest BCUT2D eigenvalue weighted by Crippen LogP contribution is -2.12. The van der Waals surface area contributed by atoms with Crippen LogP contribution in [0.25, 0.3) is 17.3 Å². The SMILES string of the molecule is Cc1ccc(NC(=O)c2csc(CSc3nnc(-c4ccco4)n3-c3ccc(Cl)cc3Cl)n2)cc1. The van der Waals surface area contributed by atoms with E-state index in [0.717, 1.165) is 16.3 Å². The predicted molar refractivity (Wildman–Crippen MR) is 140 cm³/mol. The number of aromatic nitrogens is 4. The van der Waals surface area contributed by atoms with E-state index in [9.17, 15) is 4.79 Å². The molecule has 11 heteroatoms. The van der Waals surface area contributed by atoms with Crippen LogP contribution < -0.4 is 5.32 Å². The summed E-state index contributed by atoms with van der Waals surface area (Å²) in [5.41, 5.74) is 2.89. The largest absolute Gasteiger partial charge is 0.461 e. The fourth-order valence-electron chi connectivity index (χ4n) is 3.25. The van der Waals surface area contributed by atoms with Gasteiger partial charge < -0.3 is 9.73 Å². The molecular formula is C24H17Cl2N5O2S2. The molecule has 5 aromatic rings. The number of benzene rings is 2. The van der Waals surface area contributed by atoms with Crippen molar-refractivity contribution in [3.8, 4) is 17.3 Å². The van der Waals surface area contributed by atoms with Crippen LogP contribution in [0.4, 0.5) is 5.69 Å². The fourth-order valence-corrected chi connectivity index (χ4v) is 5.48. The number of rotatable bonds is 7. The predicted octanol–water partition coefficient (Wildman–Crippen LogP) is 7.14. The molecule has 176 valence electrons. The minimum atomic E-state index is -0.252. The Hall–Kier alpha value is -3.11. The van der Waals surface area contributed by atoms with E-state index in [-0.39, 0.29) is 5.91 Å². The molecule has 3 aromatic heterocycles. The average Bonchev–Trinajstić information content (AvgIpc) is 3.60. The minimum Gasteiger partial charge on any atom is -0.461 e. The Labute approximate surface area is 219 Å². The van der Waals surface area contributed by atoms with E-state index in [0.29, 0.717) is 43.9 Å². The highest BCUT2D eigenvalue weighted by Crippen LogP contribution is 2.34. The van der Waals surface area contributed by atoms with Crippen LogP contribution >= 0.6 is 46.3 Å². The molecule has 2 aromatic carbocycles. The van der Waals surface area contributed by atoms with E-state index in [1.165, 1.54) is 23.1 Å². The molecule has 7 nitrogen and oxygen atoms in total. The maximum absolute atomic E-state index is 12.6. The first-order valence-electron chi connectivity index (χ1n) is 10.4. The van der Waals surface area contributed by atoms with Gasteiger partial charge in [0.2, 0.25) is 5.82 Å². The van der Waals surface area contributed by atoms with Gasteiger partial charge in [-0.05, 0) is 49.4 Å². The number of thiazole rings is 1. The molecule has 0 bridgehead atoms. The summed E-state index contributed by atoms with van der Waals surface area (Å²) in [5, 5.41) is 15.6. The fraction of sp³-hybridized carbons (Fsp3) is 0.0833.